The predicted octanol–water partition coefficient (Wildman–Crippen LogP) is 7.53. The van der Waals surface area contributed by atoms with Crippen molar-refractivity contribution in [3.8, 4) is 6.07 Å². The molecule has 3 saturated carbocycles. The summed E-state index contributed by atoms with van der Waals surface area (Å²) in [4.78, 5) is 27.4. The Labute approximate surface area is 274 Å². The van der Waals surface area contributed by atoms with Gasteiger partial charge in [-0.2, -0.15) is 5.26 Å². The van der Waals surface area contributed by atoms with Crippen molar-refractivity contribution in [3.63, 3.8) is 0 Å². The third-order valence-electron chi connectivity index (χ3n) is 13.1. The fraction of sp³-hybridized carbons (Fsp3) is 0.821. The maximum absolute atomic E-state index is 14.2. The minimum Gasteiger partial charge on any atom is -0.392 e. The third kappa shape index (κ3) is 7.15. The van der Waals surface area contributed by atoms with Crippen LogP contribution in [0.4, 0.5) is 0 Å². The van der Waals surface area contributed by atoms with Crippen molar-refractivity contribution < 1.29 is 14.7 Å². The van der Waals surface area contributed by atoms with E-state index in [1.54, 1.807) is 0 Å². The number of aliphatic hydroxyl groups excluding tert-OH is 1. The van der Waals surface area contributed by atoms with E-state index in [9.17, 15) is 20.0 Å². The number of fused-ring (bicyclic) bond motifs is 1. The SMILES string of the molecule is CNCC1CCC(CNC(=O)C2(CCC(C)(C)C)CCC(C3(C)CCC4C(C)(C)C(=O)C(C#N)=CC4(C)/C3=C/CO)CC2)CC1. The Hall–Kier alpha value is -1.97. The maximum atomic E-state index is 14.2. The second-order valence-corrected chi connectivity index (χ2v) is 17.6. The molecule has 0 aromatic carbocycles. The molecule has 45 heavy (non-hydrogen) atoms. The number of hydrogen-bond acceptors (Lipinski definition) is 5. The molecule has 4 aliphatic carbocycles. The molecule has 0 spiro atoms. The summed E-state index contributed by atoms with van der Waals surface area (Å²) in [6.45, 7) is 17.2. The molecule has 1 amide bonds. The van der Waals surface area contributed by atoms with Gasteiger partial charge >= 0.3 is 0 Å². The minimum atomic E-state index is -0.636. The van der Waals surface area contributed by atoms with E-state index in [2.05, 4.69) is 51.3 Å². The quantitative estimate of drug-likeness (QED) is 0.231. The van der Waals surface area contributed by atoms with Gasteiger partial charge in [0.15, 0.2) is 5.78 Å². The summed E-state index contributed by atoms with van der Waals surface area (Å²) in [5, 5.41) is 27.0. The zero-order valence-corrected chi connectivity index (χ0v) is 29.8. The lowest BCUT2D eigenvalue weighted by Gasteiger charge is -2.60. The van der Waals surface area contributed by atoms with Crippen LogP contribution in [0, 0.1) is 62.1 Å². The van der Waals surface area contributed by atoms with Crippen molar-refractivity contribution in [3.05, 3.63) is 23.3 Å². The first kappa shape index (κ1) is 35.9. The average molecular weight is 622 g/mol. The van der Waals surface area contributed by atoms with Crippen LogP contribution in [0.5, 0.6) is 0 Å². The molecule has 3 N–H and O–H groups in total. The normalized spacial score (nSPS) is 37.8. The number of Topliss-reactive ketones (excluding diaryl/α,β-unsaturated/α-hetero) is 1. The highest BCUT2D eigenvalue weighted by atomic mass is 16.2. The Bertz CT molecular complexity index is 1190. The van der Waals surface area contributed by atoms with Crippen LogP contribution in [0.15, 0.2) is 23.3 Å². The number of carbonyl (C=O) groups excluding carboxylic acids is 2. The van der Waals surface area contributed by atoms with Crippen LogP contribution in [-0.2, 0) is 9.59 Å². The number of nitrogens with one attached hydrogen (secondary N) is 2. The van der Waals surface area contributed by atoms with Crippen molar-refractivity contribution in [1.29, 1.82) is 5.26 Å². The lowest BCUT2D eigenvalue weighted by Crippen LogP contribution is -2.55. The smallest absolute Gasteiger partial charge is 0.226 e. The average Bonchev–Trinajstić information content (AvgIpc) is 2.99. The van der Waals surface area contributed by atoms with Crippen molar-refractivity contribution in [2.24, 2.45) is 50.7 Å². The van der Waals surface area contributed by atoms with E-state index in [1.165, 1.54) is 31.3 Å². The molecule has 0 radical (unpaired) electrons. The molecule has 3 fully saturated rings. The molecule has 0 bridgehead atoms. The summed E-state index contributed by atoms with van der Waals surface area (Å²) in [5.74, 6) is 2.01. The summed E-state index contributed by atoms with van der Waals surface area (Å²) >= 11 is 0. The van der Waals surface area contributed by atoms with E-state index in [4.69, 9.17) is 0 Å². The van der Waals surface area contributed by atoms with Crippen LogP contribution in [0.3, 0.4) is 0 Å². The van der Waals surface area contributed by atoms with Crippen LogP contribution in [0.25, 0.3) is 0 Å². The van der Waals surface area contributed by atoms with E-state index in [1.807, 2.05) is 33.0 Å². The molecule has 0 aliphatic heterocycles. The zero-order chi connectivity index (χ0) is 33.3. The first-order chi connectivity index (χ1) is 21.1. The van der Waals surface area contributed by atoms with Gasteiger partial charge in [0.25, 0.3) is 0 Å². The second-order valence-electron chi connectivity index (χ2n) is 17.6. The molecular weight excluding hydrogens is 558 g/mol. The number of nitriles is 1. The van der Waals surface area contributed by atoms with Gasteiger partial charge in [-0.05, 0) is 125 Å². The molecule has 0 aromatic heterocycles. The van der Waals surface area contributed by atoms with Crippen molar-refractivity contribution >= 4 is 11.7 Å². The first-order valence-electron chi connectivity index (χ1n) is 18.0. The largest absolute Gasteiger partial charge is 0.392 e. The van der Waals surface area contributed by atoms with E-state index < -0.39 is 10.8 Å². The summed E-state index contributed by atoms with van der Waals surface area (Å²) in [6.07, 6.45) is 16.4. The molecular formula is C39H63N3O3. The molecule has 4 rings (SSSR count). The molecule has 3 unspecified atom stereocenters. The fourth-order valence-electron chi connectivity index (χ4n) is 10.3. The Balaban J connectivity index is 1.54. The number of rotatable bonds is 9. The van der Waals surface area contributed by atoms with Gasteiger partial charge in [0, 0.05) is 22.8 Å². The Morgan fingerprint density at radius 1 is 1.00 bits per heavy atom. The van der Waals surface area contributed by atoms with Gasteiger partial charge in [-0.15, -0.1) is 0 Å². The molecule has 0 saturated heterocycles. The van der Waals surface area contributed by atoms with Gasteiger partial charge in [-0.25, -0.2) is 0 Å². The Morgan fingerprint density at radius 2 is 1.60 bits per heavy atom. The van der Waals surface area contributed by atoms with Gasteiger partial charge < -0.3 is 15.7 Å². The number of nitrogens with zero attached hydrogens (tertiary/aromatic N) is 1. The van der Waals surface area contributed by atoms with Gasteiger partial charge in [0.05, 0.1) is 12.2 Å². The number of aliphatic hydroxyl groups is 1. The number of allylic oxidation sites excluding steroid dienone is 3. The summed E-state index contributed by atoms with van der Waals surface area (Å²) in [7, 11) is 2.04. The monoisotopic (exact) mass is 621 g/mol. The van der Waals surface area contributed by atoms with Gasteiger partial charge in [-0.3, -0.25) is 9.59 Å². The van der Waals surface area contributed by atoms with Crippen molar-refractivity contribution in [2.45, 2.75) is 126 Å². The zero-order valence-electron chi connectivity index (χ0n) is 29.8. The summed E-state index contributed by atoms with van der Waals surface area (Å²) in [6, 6.07) is 2.20. The Kier molecular flexibility index (Phi) is 10.9. The fourth-order valence-corrected chi connectivity index (χ4v) is 10.3. The number of amides is 1. The van der Waals surface area contributed by atoms with Crippen LogP contribution in [0.1, 0.15) is 126 Å². The van der Waals surface area contributed by atoms with Crippen LogP contribution in [-0.4, -0.2) is 43.5 Å². The maximum Gasteiger partial charge on any atom is 0.226 e. The molecule has 3 atom stereocenters. The van der Waals surface area contributed by atoms with E-state index in [-0.39, 0.29) is 46.0 Å². The van der Waals surface area contributed by atoms with Crippen molar-refractivity contribution in [1.82, 2.24) is 10.6 Å². The van der Waals surface area contributed by atoms with Crippen LogP contribution < -0.4 is 10.6 Å². The third-order valence-corrected chi connectivity index (χ3v) is 13.1. The lowest BCUT2D eigenvalue weighted by molar-refractivity contribution is -0.136. The van der Waals surface area contributed by atoms with E-state index in [0.717, 1.165) is 70.4 Å². The van der Waals surface area contributed by atoms with E-state index >= 15 is 0 Å². The highest BCUT2D eigenvalue weighted by molar-refractivity contribution is 6.04. The molecule has 252 valence electrons. The van der Waals surface area contributed by atoms with Gasteiger partial charge in [0.1, 0.15) is 6.07 Å². The minimum absolute atomic E-state index is 0.0567. The summed E-state index contributed by atoms with van der Waals surface area (Å²) < 4.78 is 0. The number of ketones is 1. The molecule has 6 nitrogen and oxygen atoms in total. The first-order valence-corrected chi connectivity index (χ1v) is 18.0. The molecule has 0 aromatic rings. The standard InChI is InChI=1S/C39H63N3O3/c1-35(2,3)20-21-39(34(45)42-26-28-11-9-27(10-12-28)25-41-8)18-13-30(14-19-39)37(6)17-15-31-36(4,5)33(44)29(24-40)23-38(31,7)32(37)16-22-43/h16,23,27-28,30-31,41,43H,9-15,17-22,25-26H2,1-8H3,(H,42,45)/b32-16+. The Morgan fingerprint density at radius 3 is 2.13 bits per heavy atom. The molecule has 4 aliphatic rings. The topological polar surface area (TPSA) is 102 Å². The predicted molar refractivity (Wildman–Crippen MR) is 182 cm³/mol. The van der Waals surface area contributed by atoms with Crippen LogP contribution >= 0.6 is 0 Å². The van der Waals surface area contributed by atoms with Crippen molar-refractivity contribution in [2.75, 3.05) is 26.7 Å². The lowest BCUT2D eigenvalue weighted by atomic mass is 9.43. The summed E-state index contributed by atoms with van der Waals surface area (Å²) in [5.41, 5.74) is 0.00309. The highest BCUT2D eigenvalue weighted by Crippen LogP contribution is 2.66. The second kappa shape index (κ2) is 13.6. The molecule has 0 heterocycles. The van der Waals surface area contributed by atoms with Crippen LogP contribution in [0.2, 0.25) is 0 Å². The van der Waals surface area contributed by atoms with Gasteiger partial charge in [-0.1, -0.05) is 66.2 Å². The van der Waals surface area contributed by atoms with E-state index in [0.29, 0.717) is 11.8 Å². The number of carbonyl (C=O) groups is 2. The molecule has 6 heteroatoms. The van der Waals surface area contributed by atoms with Gasteiger partial charge in [0.2, 0.25) is 5.91 Å². The number of hydrogen-bond donors (Lipinski definition) is 3. The highest BCUT2D eigenvalue weighted by Gasteiger charge is 2.60.